The summed E-state index contributed by atoms with van der Waals surface area (Å²) in [5.74, 6) is -0.285. The number of pyridine rings is 2. The van der Waals surface area contributed by atoms with Gasteiger partial charge < -0.3 is 10.2 Å². The van der Waals surface area contributed by atoms with Crippen molar-refractivity contribution in [3.8, 4) is 22.4 Å². The summed E-state index contributed by atoms with van der Waals surface area (Å²) in [5, 5.41) is 11.0. The molecule has 0 radical (unpaired) electrons. The lowest BCUT2D eigenvalue weighted by atomic mass is 10.0. The second-order valence-corrected chi connectivity index (χ2v) is 9.21. The Kier molecular flexibility index (Phi) is 5.65. The monoisotopic (exact) mass is 474 g/mol. The molecule has 0 unspecified atom stereocenters. The molecule has 0 bridgehead atoms. The van der Waals surface area contributed by atoms with E-state index in [0.717, 1.165) is 52.1 Å². The summed E-state index contributed by atoms with van der Waals surface area (Å²) < 4.78 is 0. The van der Waals surface area contributed by atoms with Crippen molar-refractivity contribution >= 4 is 28.2 Å². The molecule has 0 atom stereocenters. The standard InChI is InChI=1S/C29H26N6O/c1-19-5-4-6-21(13-19)26-10-8-23(17-31-26)32-29(36)28-25-15-20(7-9-27(25)33-34-28)22-14-24(18-30-16-22)35-11-2-3-12-35/h4-10,13-18H,2-3,11-12H2,1H3,(H,32,36)(H,33,34). The van der Waals surface area contributed by atoms with Gasteiger partial charge in [-0.2, -0.15) is 5.10 Å². The number of hydrogen-bond acceptors (Lipinski definition) is 5. The normalized spacial score (nSPS) is 13.3. The number of aromatic nitrogens is 4. The molecule has 0 spiro atoms. The van der Waals surface area contributed by atoms with Crippen LogP contribution in [0.3, 0.4) is 0 Å². The van der Waals surface area contributed by atoms with E-state index in [-0.39, 0.29) is 5.91 Å². The van der Waals surface area contributed by atoms with Crippen molar-refractivity contribution in [1.29, 1.82) is 0 Å². The summed E-state index contributed by atoms with van der Waals surface area (Å²) in [6, 6.07) is 20.1. The van der Waals surface area contributed by atoms with Crippen LogP contribution >= 0.6 is 0 Å². The van der Waals surface area contributed by atoms with Gasteiger partial charge in [0.2, 0.25) is 0 Å². The van der Waals surface area contributed by atoms with Gasteiger partial charge >= 0.3 is 0 Å². The number of carbonyl (C=O) groups excluding carboxylic acids is 1. The summed E-state index contributed by atoms with van der Waals surface area (Å²) >= 11 is 0. The highest BCUT2D eigenvalue weighted by molar-refractivity contribution is 6.11. The molecule has 7 nitrogen and oxygen atoms in total. The van der Waals surface area contributed by atoms with E-state index in [4.69, 9.17) is 0 Å². The van der Waals surface area contributed by atoms with Gasteiger partial charge in [-0.15, -0.1) is 0 Å². The molecule has 5 aromatic rings. The molecule has 3 aromatic heterocycles. The number of nitrogens with zero attached hydrogens (tertiary/aromatic N) is 4. The third-order valence-electron chi connectivity index (χ3n) is 6.64. The lowest BCUT2D eigenvalue weighted by molar-refractivity contribution is 0.102. The second-order valence-electron chi connectivity index (χ2n) is 9.21. The maximum Gasteiger partial charge on any atom is 0.276 e. The number of nitrogens with one attached hydrogen (secondary N) is 2. The van der Waals surface area contributed by atoms with Crippen molar-refractivity contribution < 1.29 is 4.79 Å². The van der Waals surface area contributed by atoms with E-state index in [1.165, 1.54) is 18.4 Å². The van der Waals surface area contributed by atoms with Crippen LogP contribution in [0, 0.1) is 6.92 Å². The topological polar surface area (TPSA) is 86.8 Å². The van der Waals surface area contributed by atoms with Gasteiger partial charge in [-0.1, -0.05) is 29.8 Å². The predicted octanol–water partition coefficient (Wildman–Crippen LogP) is 5.85. The van der Waals surface area contributed by atoms with Crippen molar-refractivity contribution in [3.05, 3.63) is 90.5 Å². The number of benzene rings is 2. The zero-order valence-corrected chi connectivity index (χ0v) is 20.0. The predicted molar refractivity (Wildman–Crippen MR) is 143 cm³/mol. The van der Waals surface area contributed by atoms with Gasteiger partial charge in [0.15, 0.2) is 5.69 Å². The zero-order valence-electron chi connectivity index (χ0n) is 20.0. The van der Waals surface area contributed by atoms with E-state index in [0.29, 0.717) is 11.4 Å². The smallest absolute Gasteiger partial charge is 0.276 e. The molecule has 1 amide bonds. The minimum Gasteiger partial charge on any atom is -0.370 e. The molecular formula is C29H26N6O. The first-order valence-corrected chi connectivity index (χ1v) is 12.2. The summed E-state index contributed by atoms with van der Waals surface area (Å²) in [7, 11) is 0. The van der Waals surface area contributed by atoms with Crippen molar-refractivity contribution in [2.45, 2.75) is 19.8 Å². The fourth-order valence-corrected chi connectivity index (χ4v) is 4.73. The lowest BCUT2D eigenvalue weighted by Gasteiger charge is -2.17. The van der Waals surface area contributed by atoms with Crippen LogP contribution in [0.25, 0.3) is 33.3 Å². The first-order valence-electron chi connectivity index (χ1n) is 12.2. The van der Waals surface area contributed by atoms with E-state index in [2.05, 4.69) is 55.5 Å². The maximum atomic E-state index is 13.1. The molecule has 1 saturated heterocycles. The van der Waals surface area contributed by atoms with Gasteiger partial charge in [0.05, 0.1) is 35.0 Å². The Morgan fingerprint density at radius 2 is 1.81 bits per heavy atom. The molecule has 2 N–H and O–H groups in total. The van der Waals surface area contributed by atoms with Crippen LogP contribution in [0.4, 0.5) is 11.4 Å². The number of amides is 1. The minimum absolute atomic E-state index is 0.285. The van der Waals surface area contributed by atoms with Crippen molar-refractivity contribution in [2.75, 3.05) is 23.3 Å². The molecular weight excluding hydrogens is 448 g/mol. The summed E-state index contributed by atoms with van der Waals surface area (Å²) in [6.45, 7) is 4.19. The molecule has 1 aliphatic rings. The van der Waals surface area contributed by atoms with Gasteiger partial charge in [0.1, 0.15) is 0 Å². The molecule has 4 heterocycles. The Hall–Kier alpha value is -4.52. The number of aromatic amines is 1. The average Bonchev–Trinajstić information content (AvgIpc) is 3.59. The van der Waals surface area contributed by atoms with Crippen LogP contribution in [0.2, 0.25) is 0 Å². The van der Waals surface area contributed by atoms with E-state index in [1.54, 1.807) is 6.20 Å². The zero-order chi connectivity index (χ0) is 24.5. The van der Waals surface area contributed by atoms with E-state index < -0.39 is 0 Å². The van der Waals surface area contributed by atoms with Crippen LogP contribution in [0.15, 0.2) is 79.3 Å². The molecule has 1 aliphatic heterocycles. The van der Waals surface area contributed by atoms with E-state index in [1.807, 2.05) is 54.9 Å². The van der Waals surface area contributed by atoms with Gasteiger partial charge in [-0.05, 0) is 61.7 Å². The first-order chi connectivity index (χ1) is 17.6. The fourth-order valence-electron chi connectivity index (χ4n) is 4.73. The van der Waals surface area contributed by atoms with Crippen molar-refractivity contribution in [3.63, 3.8) is 0 Å². The Balaban J connectivity index is 1.25. The number of aryl methyl sites for hydroxylation is 1. The van der Waals surface area contributed by atoms with Crippen molar-refractivity contribution in [1.82, 2.24) is 20.2 Å². The number of carbonyl (C=O) groups is 1. The lowest BCUT2D eigenvalue weighted by Crippen LogP contribution is -2.17. The average molecular weight is 475 g/mol. The number of rotatable bonds is 5. The van der Waals surface area contributed by atoms with Crippen LogP contribution in [-0.4, -0.2) is 39.2 Å². The van der Waals surface area contributed by atoms with Gasteiger partial charge in [-0.25, -0.2) is 0 Å². The Labute approximate surface area is 209 Å². The third-order valence-corrected chi connectivity index (χ3v) is 6.64. The molecule has 178 valence electrons. The van der Waals surface area contributed by atoms with Crippen LogP contribution in [-0.2, 0) is 0 Å². The Bertz CT molecular complexity index is 1550. The molecule has 1 fully saturated rings. The quantitative estimate of drug-likeness (QED) is 0.334. The number of H-pyrrole nitrogens is 1. The SMILES string of the molecule is Cc1cccc(-c2ccc(NC(=O)c3n[nH]c4ccc(-c5cncc(N6CCCC6)c5)cc34)cn2)c1. The van der Waals surface area contributed by atoms with Crippen LogP contribution in [0.1, 0.15) is 28.9 Å². The highest BCUT2D eigenvalue weighted by Crippen LogP contribution is 2.29. The summed E-state index contributed by atoms with van der Waals surface area (Å²) in [6.07, 6.45) is 7.89. The summed E-state index contributed by atoms with van der Waals surface area (Å²) in [4.78, 5) is 24.5. The third kappa shape index (κ3) is 4.31. The fraction of sp³-hybridized carbons (Fsp3) is 0.172. The van der Waals surface area contributed by atoms with E-state index >= 15 is 0 Å². The largest absolute Gasteiger partial charge is 0.370 e. The Morgan fingerprint density at radius 1 is 0.917 bits per heavy atom. The number of anilines is 2. The highest BCUT2D eigenvalue weighted by atomic mass is 16.1. The molecule has 0 aliphatic carbocycles. The van der Waals surface area contributed by atoms with Crippen molar-refractivity contribution in [2.24, 2.45) is 0 Å². The molecule has 0 saturated carbocycles. The van der Waals surface area contributed by atoms with Crippen LogP contribution in [0.5, 0.6) is 0 Å². The maximum absolute atomic E-state index is 13.1. The van der Waals surface area contributed by atoms with Gasteiger partial charge in [-0.3, -0.25) is 19.9 Å². The van der Waals surface area contributed by atoms with Crippen LogP contribution < -0.4 is 10.2 Å². The highest BCUT2D eigenvalue weighted by Gasteiger charge is 2.17. The molecule has 7 heteroatoms. The summed E-state index contributed by atoms with van der Waals surface area (Å²) in [5.41, 5.74) is 8.00. The van der Waals surface area contributed by atoms with Gasteiger partial charge in [0.25, 0.3) is 5.91 Å². The first kappa shape index (κ1) is 22.0. The Morgan fingerprint density at radius 3 is 2.61 bits per heavy atom. The van der Waals surface area contributed by atoms with E-state index in [9.17, 15) is 4.79 Å². The minimum atomic E-state index is -0.285. The molecule has 36 heavy (non-hydrogen) atoms. The second kappa shape index (κ2) is 9.26. The molecule has 6 rings (SSSR count). The molecule has 2 aromatic carbocycles. The number of fused-ring (bicyclic) bond motifs is 1. The number of hydrogen-bond donors (Lipinski definition) is 2. The van der Waals surface area contributed by atoms with Gasteiger partial charge in [0, 0.05) is 35.8 Å².